The highest BCUT2D eigenvalue weighted by atomic mass is 16.4. The third-order valence-electron chi connectivity index (χ3n) is 11.1. The standard InChI is InChI=1S/C35H41NO4/c1-34-18-17-24(33(39)40)20-25(34)13-14-26-27-15-16-28(35(27,2)21-30(37)31(26)34)32(38)36-29(23-11-7-4-8-12-23)19-22-9-5-3-6-10-22/h3-13,20,26-31,37H,14-19,21H2,1-2H3,(H,36,38)(H,39,40)/t26-,27-,28+,29?,30-,31+,34-,35-/m0/s1. The fraction of sp³-hybridized carbons (Fsp3) is 0.486. The van der Waals surface area contributed by atoms with Crippen LogP contribution in [0.1, 0.15) is 69.5 Å². The smallest absolute Gasteiger partial charge is 0.331 e. The molecule has 0 radical (unpaired) electrons. The first-order valence-corrected chi connectivity index (χ1v) is 14.9. The molecule has 0 aromatic heterocycles. The minimum Gasteiger partial charge on any atom is -0.478 e. The zero-order valence-corrected chi connectivity index (χ0v) is 23.6. The fourth-order valence-corrected chi connectivity index (χ4v) is 9.12. The van der Waals surface area contributed by atoms with E-state index in [9.17, 15) is 19.8 Å². The van der Waals surface area contributed by atoms with Gasteiger partial charge in [-0.15, -0.1) is 0 Å². The van der Waals surface area contributed by atoms with Gasteiger partial charge in [0.25, 0.3) is 0 Å². The Bertz CT molecular complexity index is 1330. The maximum Gasteiger partial charge on any atom is 0.331 e. The highest BCUT2D eigenvalue weighted by Gasteiger charge is 2.62. The average molecular weight is 540 g/mol. The summed E-state index contributed by atoms with van der Waals surface area (Å²) in [7, 11) is 0. The van der Waals surface area contributed by atoms with E-state index in [1.54, 1.807) is 0 Å². The van der Waals surface area contributed by atoms with Gasteiger partial charge in [-0.2, -0.15) is 0 Å². The molecule has 3 N–H and O–H groups in total. The van der Waals surface area contributed by atoms with E-state index < -0.39 is 12.1 Å². The van der Waals surface area contributed by atoms with Crippen molar-refractivity contribution in [2.75, 3.05) is 0 Å². The van der Waals surface area contributed by atoms with E-state index in [1.165, 1.54) is 5.56 Å². The van der Waals surface area contributed by atoms with Gasteiger partial charge in [-0.3, -0.25) is 4.79 Å². The summed E-state index contributed by atoms with van der Waals surface area (Å²) in [6.07, 6.45) is 8.89. The zero-order valence-electron chi connectivity index (χ0n) is 23.6. The van der Waals surface area contributed by atoms with Crippen LogP contribution >= 0.6 is 0 Å². The van der Waals surface area contributed by atoms with Crippen molar-refractivity contribution in [1.29, 1.82) is 0 Å². The van der Waals surface area contributed by atoms with Gasteiger partial charge in [-0.25, -0.2) is 4.79 Å². The molecule has 8 atom stereocenters. The number of nitrogens with one attached hydrogen (secondary N) is 1. The molecule has 40 heavy (non-hydrogen) atoms. The molecule has 2 aromatic carbocycles. The molecule has 210 valence electrons. The summed E-state index contributed by atoms with van der Waals surface area (Å²) in [6.45, 7) is 4.47. The maximum absolute atomic E-state index is 14.1. The van der Waals surface area contributed by atoms with Crippen LogP contribution in [0.2, 0.25) is 0 Å². The van der Waals surface area contributed by atoms with Crippen LogP contribution in [0.4, 0.5) is 0 Å². The molecular weight excluding hydrogens is 498 g/mol. The number of carboxylic acids is 1. The Morgan fingerprint density at radius 1 is 1.02 bits per heavy atom. The number of aliphatic hydroxyl groups excluding tert-OH is 1. The molecule has 0 aliphatic heterocycles. The molecule has 4 aliphatic rings. The number of amides is 1. The minimum atomic E-state index is -0.840. The Kier molecular flexibility index (Phi) is 6.98. The second kappa shape index (κ2) is 10.3. The number of benzene rings is 2. The van der Waals surface area contributed by atoms with Crippen molar-refractivity contribution in [3.63, 3.8) is 0 Å². The molecule has 0 saturated heterocycles. The summed E-state index contributed by atoms with van der Waals surface area (Å²) in [6, 6.07) is 20.4. The van der Waals surface area contributed by atoms with E-state index in [4.69, 9.17) is 0 Å². The molecule has 1 amide bonds. The van der Waals surface area contributed by atoms with Gasteiger partial charge in [-0.05, 0) is 96.3 Å². The molecule has 0 spiro atoms. The van der Waals surface area contributed by atoms with Crippen LogP contribution < -0.4 is 5.32 Å². The van der Waals surface area contributed by atoms with Gasteiger partial charge >= 0.3 is 5.97 Å². The Hall–Kier alpha value is -3.18. The SMILES string of the molecule is C[C@]12C[C@H](O)[C@H]3[C@@H](CC=C4C=C(C(=O)O)CC[C@@]43C)[C@@H]1CC[C@@H]2C(=O)NC(Cc1ccccc1)c1ccccc1. The average Bonchev–Trinajstić information content (AvgIpc) is 3.29. The third-order valence-corrected chi connectivity index (χ3v) is 11.1. The van der Waals surface area contributed by atoms with Crippen molar-refractivity contribution in [1.82, 2.24) is 5.32 Å². The molecule has 5 heteroatoms. The summed E-state index contributed by atoms with van der Waals surface area (Å²) in [5, 5.41) is 24.8. The van der Waals surface area contributed by atoms with Crippen LogP contribution in [0, 0.1) is 34.5 Å². The molecule has 2 aromatic rings. The molecule has 2 saturated carbocycles. The fourth-order valence-electron chi connectivity index (χ4n) is 9.12. The van der Waals surface area contributed by atoms with Crippen molar-refractivity contribution in [3.05, 3.63) is 95.1 Å². The quantitative estimate of drug-likeness (QED) is 0.405. The lowest BCUT2D eigenvalue weighted by molar-refractivity contribution is -0.141. The summed E-state index contributed by atoms with van der Waals surface area (Å²) >= 11 is 0. The van der Waals surface area contributed by atoms with Gasteiger partial charge in [0, 0.05) is 11.5 Å². The number of hydrogen-bond donors (Lipinski definition) is 3. The van der Waals surface area contributed by atoms with Gasteiger partial charge in [0.1, 0.15) is 0 Å². The highest BCUT2D eigenvalue weighted by Crippen LogP contribution is 2.66. The molecule has 0 bridgehead atoms. The number of allylic oxidation sites excluding steroid dienone is 3. The molecule has 6 rings (SSSR count). The number of carboxylic acid groups (broad SMARTS) is 1. The molecule has 0 heterocycles. The van der Waals surface area contributed by atoms with Crippen molar-refractivity contribution in [2.24, 2.45) is 34.5 Å². The predicted octanol–water partition coefficient (Wildman–Crippen LogP) is 6.26. The van der Waals surface area contributed by atoms with Crippen LogP contribution in [0.5, 0.6) is 0 Å². The molecule has 5 nitrogen and oxygen atoms in total. The number of hydrogen-bond acceptors (Lipinski definition) is 3. The van der Waals surface area contributed by atoms with Crippen LogP contribution in [0.25, 0.3) is 0 Å². The first-order valence-electron chi connectivity index (χ1n) is 14.9. The van der Waals surface area contributed by atoms with Crippen molar-refractivity contribution in [2.45, 2.75) is 70.9 Å². The lowest BCUT2D eigenvalue weighted by Crippen LogP contribution is -2.56. The van der Waals surface area contributed by atoms with Crippen molar-refractivity contribution in [3.8, 4) is 0 Å². The lowest BCUT2D eigenvalue weighted by atomic mass is 9.47. The summed E-state index contributed by atoms with van der Waals surface area (Å²) in [5.74, 6) is -0.125. The van der Waals surface area contributed by atoms with Crippen molar-refractivity contribution >= 4 is 11.9 Å². The highest BCUT2D eigenvalue weighted by molar-refractivity contribution is 5.87. The number of carbonyl (C=O) groups is 2. The zero-order chi connectivity index (χ0) is 28.1. The van der Waals surface area contributed by atoms with Crippen LogP contribution in [0.15, 0.2) is 84.0 Å². The van der Waals surface area contributed by atoms with E-state index in [2.05, 4.69) is 49.5 Å². The normalized spacial score (nSPS) is 35.3. The number of fused-ring (bicyclic) bond motifs is 5. The first kappa shape index (κ1) is 27.0. The number of aliphatic carboxylic acids is 1. The minimum absolute atomic E-state index is 0.0918. The van der Waals surface area contributed by atoms with E-state index >= 15 is 0 Å². The van der Waals surface area contributed by atoms with E-state index in [0.717, 1.165) is 43.2 Å². The Balaban J connectivity index is 1.25. The maximum atomic E-state index is 14.1. The Morgan fingerprint density at radius 2 is 1.73 bits per heavy atom. The summed E-state index contributed by atoms with van der Waals surface area (Å²) in [5.41, 5.74) is 3.35. The van der Waals surface area contributed by atoms with Gasteiger partial charge in [0.05, 0.1) is 12.1 Å². The first-order chi connectivity index (χ1) is 19.2. The topological polar surface area (TPSA) is 86.6 Å². The molecule has 1 unspecified atom stereocenters. The monoisotopic (exact) mass is 539 g/mol. The summed E-state index contributed by atoms with van der Waals surface area (Å²) < 4.78 is 0. The molecular formula is C35H41NO4. The second-order valence-electron chi connectivity index (χ2n) is 13.2. The number of carbonyl (C=O) groups excluding carboxylic acids is 1. The number of aliphatic hydroxyl groups is 1. The van der Waals surface area contributed by atoms with Crippen LogP contribution in [0.3, 0.4) is 0 Å². The van der Waals surface area contributed by atoms with Crippen LogP contribution in [-0.4, -0.2) is 28.2 Å². The Labute approximate surface area is 237 Å². The van der Waals surface area contributed by atoms with E-state index in [1.807, 2.05) is 42.5 Å². The number of rotatable bonds is 6. The largest absolute Gasteiger partial charge is 0.478 e. The summed E-state index contributed by atoms with van der Waals surface area (Å²) in [4.78, 5) is 25.7. The third kappa shape index (κ3) is 4.52. The molecule has 4 aliphatic carbocycles. The van der Waals surface area contributed by atoms with Gasteiger partial charge in [-0.1, -0.05) is 80.6 Å². The predicted molar refractivity (Wildman–Crippen MR) is 155 cm³/mol. The van der Waals surface area contributed by atoms with E-state index in [-0.39, 0.29) is 34.6 Å². The lowest BCUT2D eigenvalue weighted by Gasteiger charge is -2.58. The second-order valence-corrected chi connectivity index (χ2v) is 13.2. The van der Waals surface area contributed by atoms with E-state index in [0.29, 0.717) is 30.3 Å². The van der Waals surface area contributed by atoms with Crippen LogP contribution in [-0.2, 0) is 16.0 Å². The van der Waals surface area contributed by atoms with Gasteiger partial charge in [0.2, 0.25) is 5.91 Å². The van der Waals surface area contributed by atoms with Gasteiger partial charge < -0.3 is 15.5 Å². The molecule has 2 fully saturated rings. The van der Waals surface area contributed by atoms with Gasteiger partial charge in [0.15, 0.2) is 0 Å². The van der Waals surface area contributed by atoms with Crippen molar-refractivity contribution < 1.29 is 19.8 Å². The Morgan fingerprint density at radius 3 is 2.42 bits per heavy atom.